The number of nitrogens with two attached hydrogens (primary N) is 1. The number of halogens is 2. The molecule has 0 atom stereocenters. The van der Waals surface area contributed by atoms with Crippen LogP contribution in [-0.4, -0.2) is 9.97 Å². The lowest BCUT2D eigenvalue weighted by Gasteiger charge is -2.14. The lowest BCUT2D eigenvalue weighted by molar-refractivity contribution is 0.621. The summed E-state index contributed by atoms with van der Waals surface area (Å²) in [5.74, 6) is 2.00. The number of rotatable bonds is 3. The van der Waals surface area contributed by atoms with E-state index in [-0.39, 0.29) is 5.82 Å². The van der Waals surface area contributed by atoms with Crippen molar-refractivity contribution in [1.29, 1.82) is 0 Å². The Labute approximate surface area is 131 Å². The van der Waals surface area contributed by atoms with Gasteiger partial charge in [-0.15, -0.1) is 0 Å². The molecule has 0 amide bonds. The van der Waals surface area contributed by atoms with Crippen molar-refractivity contribution in [2.75, 3.05) is 11.1 Å². The molecular formula is C15H16BrFN4. The zero-order valence-electron chi connectivity index (χ0n) is 11.9. The van der Waals surface area contributed by atoms with Crippen molar-refractivity contribution in [1.82, 2.24) is 9.97 Å². The third kappa shape index (κ3) is 2.85. The highest BCUT2D eigenvalue weighted by molar-refractivity contribution is 9.10. The molecule has 6 heteroatoms. The van der Waals surface area contributed by atoms with E-state index in [4.69, 9.17) is 5.73 Å². The summed E-state index contributed by atoms with van der Waals surface area (Å²) in [6.45, 7) is 3.77. The first-order valence-corrected chi connectivity index (χ1v) is 7.61. The second kappa shape index (κ2) is 5.26. The molecule has 3 N–H and O–H groups in total. The van der Waals surface area contributed by atoms with Crippen molar-refractivity contribution >= 4 is 33.3 Å². The van der Waals surface area contributed by atoms with E-state index in [1.807, 2.05) is 13.8 Å². The summed E-state index contributed by atoms with van der Waals surface area (Å²) in [7, 11) is 0. The van der Waals surface area contributed by atoms with Crippen LogP contribution >= 0.6 is 15.9 Å². The van der Waals surface area contributed by atoms with E-state index in [9.17, 15) is 4.39 Å². The molecule has 1 aromatic heterocycles. The van der Waals surface area contributed by atoms with E-state index in [1.165, 1.54) is 6.07 Å². The Kier molecular flexibility index (Phi) is 3.57. The van der Waals surface area contributed by atoms with Gasteiger partial charge in [-0.1, -0.05) is 0 Å². The number of nitrogens with zero attached hydrogens (tertiary/aromatic N) is 2. The first-order chi connectivity index (χ1) is 9.95. The summed E-state index contributed by atoms with van der Waals surface area (Å²) in [6.07, 6.45) is 2.21. The van der Waals surface area contributed by atoms with Crippen LogP contribution in [0.15, 0.2) is 16.6 Å². The van der Waals surface area contributed by atoms with Gasteiger partial charge in [0.25, 0.3) is 0 Å². The van der Waals surface area contributed by atoms with E-state index < -0.39 is 0 Å². The summed E-state index contributed by atoms with van der Waals surface area (Å²) in [5.41, 5.74) is 8.34. The van der Waals surface area contributed by atoms with E-state index in [2.05, 4.69) is 31.2 Å². The maximum absolute atomic E-state index is 13.7. The molecule has 0 saturated heterocycles. The standard InChI is InChI=1S/C15H16BrFN4/c1-7-5-10(16)11(17)6-12(7)19-14-8(2)13(18)20-15(21-14)9-3-4-9/h5-6,9H,3-4H2,1-2H3,(H3,18,19,20,21). The zero-order valence-corrected chi connectivity index (χ0v) is 13.5. The van der Waals surface area contributed by atoms with Crippen LogP contribution in [0.5, 0.6) is 0 Å². The topological polar surface area (TPSA) is 63.8 Å². The van der Waals surface area contributed by atoms with Crippen molar-refractivity contribution in [2.24, 2.45) is 0 Å². The van der Waals surface area contributed by atoms with Gasteiger partial charge >= 0.3 is 0 Å². The van der Waals surface area contributed by atoms with Gasteiger partial charge in [0, 0.05) is 17.2 Å². The van der Waals surface area contributed by atoms with Crippen molar-refractivity contribution in [3.05, 3.63) is 39.4 Å². The highest BCUT2D eigenvalue weighted by Crippen LogP contribution is 2.39. The largest absolute Gasteiger partial charge is 0.383 e. The van der Waals surface area contributed by atoms with E-state index >= 15 is 0 Å². The second-order valence-electron chi connectivity index (χ2n) is 5.42. The number of benzene rings is 1. The van der Waals surface area contributed by atoms with Gasteiger partial charge in [-0.05, 0) is 60.3 Å². The summed E-state index contributed by atoms with van der Waals surface area (Å²) >= 11 is 3.18. The third-order valence-electron chi connectivity index (χ3n) is 3.66. The molecule has 1 aromatic carbocycles. The molecule has 3 rings (SSSR count). The number of hydrogen-bond donors (Lipinski definition) is 2. The molecule has 0 radical (unpaired) electrons. The van der Waals surface area contributed by atoms with Crippen molar-refractivity contribution in [3.63, 3.8) is 0 Å². The Hall–Kier alpha value is -1.69. The van der Waals surface area contributed by atoms with Crippen LogP contribution in [0.1, 0.15) is 35.7 Å². The number of nitrogens with one attached hydrogen (secondary N) is 1. The highest BCUT2D eigenvalue weighted by Gasteiger charge is 2.28. The number of hydrogen-bond acceptors (Lipinski definition) is 4. The second-order valence-corrected chi connectivity index (χ2v) is 6.28. The molecule has 21 heavy (non-hydrogen) atoms. The van der Waals surface area contributed by atoms with Crippen LogP contribution < -0.4 is 11.1 Å². The minimum atomic E-state index is -0.315. The molecule has 2 aromatic rings. The molecular weight excluding hydrogens is 335 g/mol. The van der Waals surface area contributed by atoms with Crippen molar-refractivity contribution in [3.8, 4) is 0 Å². The SMILES string of the molecule is Cc1cc(Br)c(F)cc1Nc1nc(C2CC2)nc(N)c1C. The molecule has 1 aliphatic carbocycles. The Morgan fingerprint density at radius 3 is 2.67 bits per heavy atom. The fourth-order valence-electron chi connectivity index (χ4n) is 2.11. The highest BCUT2D eigenvalue weighted by atomic mass is 79.9. The number of aryl methyl sites for hydroxylation is 1. The van der Waals surface area contributed by atoms with Gasteiger partial charge in [-0.25, -0.2) is 14.4 Å². The van der Waals surface area contributed by atoms with Gasteiger partial charge in [0.15, 0.2) is 0 Å². The van der Waals surface area contributed by atoms with Crippen LogP contribution in [0.3, 0.4) is 0 Å². The lowest BCUT2D eigenvalue weighted by atomic mass is 10.2. The first kappa shape index (κ1) is 14.3. The smallest absolute Gasteiger partial charge is 0.139 e. The molecule has 1 aliphatic rings. The fraction of sp³-hybridized carbons (Fsp3) is 0.333. The van der Waals surface area contributed by atoms with Gasteiger partial charge < -0.3 is 11.1 Å². The summed E-state index contributed by atoms with van der Waals surface area (Å²) in [6, 6.07) is 3.19. The number of anilines is 3. The van der Waals surface area contributed by atoms with Crippen LogP contribution in [0.2, 0.25) is 0 Å². The number of aromatic nitrogens is 2. The average molecular weight is 351 g/mol. The maximum Gasteiger partial charge on any atom is 0.139 e. The van der Waals surface area contributed by atoms with Gasteiger partial charge in [0.2, 0.25) is 0 Å². The molecule has 0 bridgehead atoms. The third-order valence-corrected chi connectivity index (χ3v) is 4.27. The van der Waals surface area contributed by atoms with Crippen LogP contribution in [0, 0.1) is 19.7 Å². The van der Waals surface area contributed by atoms with Crippen molar-refractivity contribution < 1.29 is 4.39 Å². The zero-order chi connectivity index (χ0) is 15.1. The fourth-order valence-corrected chi connectivity index (χ4v) is 2.56. The number of nitrogen functional groups attached to an aromatic ring is 1. The van der Waals surface area contributed by atoms with Gasteiger partial charge in [-0.2, -0.15) is 0 Å². The van der Waals surface area contributed by atoms with Gasteiger partial charge in [-0.3, -0.25) is 0 Å². The van der Waals surface area contributed by atoms with Crippen LogP contribution in [0.25, 0.3) is 0 Å². The summed E-state index contributed by atoms with van der Waals surface area (Å²) < 4.78 is 14.2. The predicted octanol–water partition coefficient (Wildman–Crippen LogP) is 4.20. The Bertz CT molecular complexity index is 713. The Morgan fingerprint density at radius 1 is 1.29 bits per heavy atom. The van der Waals surface area contributed by atoms with Gasteiger partial charge in [0.1, 0.15) is 23.3 Å². The minimum Gasteiger partial charge on any atom is -0.383 e. The lowest BCUT2D eigenvalue weighted by Crippen LogP contribution is -2.07. The molecule has 0 unspecified atom stereocenters. The molecule has 4 nitrogen and oxygen atoms in total. The van der Waals surface area contributed by atoms with E-state index in [0.29, 0.717) is 27.7 Å². The van der Waals surface area contributed by atoms with Crippen LogP contribution in [0.4, 0.5) is 21.7 Å². The van der Waals surface area contributed by atoms with Crippen LogP contribution in [-0.2, 0) is 0 Å². The van der Waals surface area contributed by atoms with E-state index in [1.54, 1.807) is 6.07 Å². The maximum atomic E-state index is 13.7. The molecule has 0 aliphatic heterocycles. The Balaban J connectivity index is 1.99. The Morgan fingerprint density at radius 2 is 2.00 bits per heavy atom. The molecule has 1 heterocycles. The normalized spacial score (nSPS) is 14.3. The first-order valence-electron chi connectivity index (χ1n) is 6.82. The molecule has 1 saturated carbocycles. The average Bonchev–Trinajstić information content (AvgIpc) is 3.25. The van der Waals surface area contributed by atoms with E-state index in [0.717, 1.165) is 29.8 Å². The van der Waals surface area contributed by atoms with Crippen molar-refractivity contribution in [2.45, 2.75) is 32.6 Å². The van der Waals surface area contributed by atoms with Gasteiger partial charge in [0.05, 0.1) is 4.47 Å². The quantitative estimate of drug-likeness (QED) is 0.870. The summed E-state index contributed by atoms with van der Waals surface area (Å²) in [5, 5.41) is 3.18. The summed E-state index contributed by atoms with van der Waals surface area (Å²) in [4.78, 5) is 8.88. The molecule has 0 spiro atoms. The minimum absolute atomic E-state index is 0.315. The predicted molar refractivity (Wildman–Crippen MR) is 85.3 cm³/mol. The molecule has 1 fully saturated rings. The monoisotopic (exact) mass is 350 g/mol. The molecule has 110 valence electrons.